The van der Waals surface area contributed by atoms with E-state index in [1.807, 2.05) is 27.7 Å². The first-order chi connectivity index (χ1) is 9.68. The van der Waals surface area contributed by atoms with Crippen molar-refractivity contribution >= 4 is 11.7 Å². The van der Waals surface area contributed by atoms with Crippen LogP contribution in [0.25, 0.3) is 0 Å². The SMILES string of the molecule is C[C@H](CNC(=O)Nc1cnc(C(C)(C)C)nc1)C[C@H](C)O. The van der Waals surface area contributed by atoms with E-state index in [2.05, 4.69) is 20.6 Å². The maximum Gasteiger partial charge on any atom is 0.319 e. The van der Waals surface area contributed by atoms with Gasteiger partial charge in [-0.2, -0.15) is 0 Å². The summed E-state index contributed by atoms with van der Waals surface area (Å²) >= 11 is 0. The van der Waals surface area contributed by atoms with E-state index in [9.17, 15) is 9.90 Å². The predicted octanol–water partition coefficient (Wildman–Crippen LogP) is 2.30. The number of rotatable bonds is 5. The van der Waals surface area contributed by atoms with Gasteiger partial charge in [0, 0.05) is 12.0 Å². The van der Waals surface area contributed by atoms with Gasteiger partial charge in [-0.25, -0.2) is 14.8 Å². The van der Waals surface area contributed by atoms with Crippen molar-refractivity contribution in [3.8, 4) is 0 Å². The number of hydrogen-bond donors (Lipinski definition) is 3. The lowest BCUT2D eigenvalue weighted by molar-refractivity contribution is 0.163. The normalized spacial score (nSPS) is 14.4. The Kier molecular flexibility index (Phi) is 6.08. The predicted molar refractivity (Wildman–Crippen MR) is 83.2 cm³/mol. The molecule has 3 N–H and O–H groups in total. The number of amides is 2. The van der Waals surface area contributed by atoms with E-state index >= 15 is 0 Å². The van der Waals surface area contributed by atoms with Gasteiger partial charge in [-0.3, -0.25) is 0 Å². The third-order valence-electron chi connectivity index (χ3n) is 2.94. The number of anilines is 1. The van der Waals surface area contributed by atoms with Crippen LogP contribution in [0.4, 0.5) is 10.5 Å². The Hall–Kier alpha value is -1.69. The fourth-order valence-corrected chi connectivity index (χ4v) is 1.89. The summed E-state index contributed by atoms with van der Waals surface area (Å²) in [6, 6.07) is -0.292. The number of aromatic nitrogens is 2. The summed E-state index contributed by atoms with van der Waals surface area (Å²) in [5.74, 6) is 0.953. The quantitative estimate of drug-likeness (QED) is 0.777. The van der Waals surface area contributed by atoms with Crippen molar-refractivity contribution in [3.05, 3.63) is 18.2 Å². The van der Waals surface area contributed by atoms with Crippen LogP contribution in [0.1, 0.15) is 46.9 Å². The molecule has 2 amide bonds. The molecule has 0 aliphatic carbocycles. The van der Waals surface area contributed by atoms with Crippen LogP contribution >= 0.6 is 0 Å². The zero-order valence-corrected chi connectivity index (χ0v) is 13.5. The summed E-state index contributed by atoms with van der Waals surface area (Å²) in [7, 11) is 0. The molecule has 6 nitrogen and oxygen atoms in total. The van der Waals surface area contributed by atoms with Crippen molar-refractivity contribution in [2.45, 2.75) is 52.6 Å². The average molecular weight is 294 g/mol. The van der Waals surface area contributed by atoms with Crippen LogP contribution in [0.2, 0.25) is 0 Å². The minimum atomic E-state index is -0.358. The second-order valence-electron chi connectivity index (χ2n) is 6.57. The lowest BCUT2D eigenvalue weighted by Crippen LogP contribution is -2.33. The van der Waals surface area contributed by atoms with Crippen molar-refractivity contribution in [1.29, 1.82) is 0 Å². The summed E-state index contributed by atoms with van der Waals surface area (Å²) < 4.78 is 0. The van der Waals surface area contributed by atoms with Gasteiger partial charge in [0.05, 0.1) is 24.2 Å². The van der Waals surface area contributed by atoms with Crippen LogP contribution in [0.15, 0.2) is 12.4 Å². The smallest absolute Gasteiger partial charge is 0.319 e. The van der Waals surface area contributed by atoms with E-state index in [4.69, 9.17) is 0 Å². The zero-order chi connectivity index (χ0) is 16.0. The van der Waals surface area contributed by atoms with Crippen LogP contribution in [0.3, 0.4) is 0 Å². The number of urea groups is 1. The molecule has 21 heavy (non-hydrogen) atoms. The second-order valence-corrected chi connectivity index (χ2v) is 6.57. The van der Waals surface area contributed by atoms with E-state index in [0.717, 1.165) is 5.82 Å². The molecule has 0 bridgehead atoms. The Morgan fingerprint density at radius 1 is 1.29 bits per heavy atom. The van der Waals surface area contributed by atoms with Gasteiger partial charge in [0.1, 0.15) is 5.82 Å². The molecule has 0 unspecified atom stereocenters. The summed E-state index contributed by atoms with van der Waals surface area (Å²) in [5, 5.41) is 14.7. The highest BCUT2D eigenvalue weighted by Crippen LogP contribution is 2.18. The average Bonchev–Trinajstić information content (AvgIpc) is 2.35. The number of aliphatic hydroxyl groups is 1. The molecule has 0 fully saturated rings. The summed E-state index contributed by atoms with van der Waals surface area (Å²) in [5.41, 5.74) is 0.445. The molecule has 0 aromatic carbocycles. The molecule has 0 aliphatic heterocycles. The highest BCUT2D eigenvalue weighted by molar-refractivity contribution is 5.88. The van der Waals surface area contributed by atoms with E-state index in [-0.39, 0.29) is 23.5 Å². The molecule has 1 aromatic heterocycles. The minimum Gasteiger partial charge on any atom is -0.393 e. The van der Waals surface area contributed by atoms with Crippen molar-refractivity contribution in [1.82, 2.24) is 15.3 Å². The molecule has 2 atom stereocenters. The monoisotopic (exact) mass is 294 g/mol. The van der Waals surface area contributed by atoms with Crippen LogP contribution < -0.4 is 10.6 Å². The molecule has 118 valence electrons. The van der Waals surface area contributed by atoms with Gasteiger partial charge in [-0.15, -0.1) is 0 Å². The van der Waals surface area contributed by atoms with Crippen molar-refractivity contribution < 1.29 is 9.90 Å². The highest BCUT2D eigenvalue weighted by Gasteiger charge is 2.17. The Labute approximate surface area is 126 Å². The fraction of sp³-hybridized carbons (Fsp3) is 0.667. The highest BCUT2D eigenvalue weighted by atomic mass is 16.3. The summed E-state index contributed by atoms with van der Waals surface area (Å²) in [4.78, 5) is 20.2. The standard InChI is InChI=1S/C15H26N4O2/c1-10(6-11(2)20)7-18-14(21)19-12-8-16-13(17-9-12)15(3,4)5/h8-11,20H,6-7H2,1-5H3,(H2,18,19,21)/t10-,11-/m0/s1. The summed E-state index contributed by atoms with van der Waals surface area (Å²) in [6.45, 7) is 10.3. The lowest BCUT2D eigenvalue weighted by atomic mass is 9.96. The Morgan fingerprint density at radius 2 is 1.86 bits per heavy atom. The number of nitrogens with one attached hydrogen (secondary N) is 2. The van der Waals surface area contributed by atoms with Crippen LogP contribution in [0, 0.1) is 5.92 Å². The van der Waals surface area contributed by atoms with Gasteiger partial charge in [-0.1, -0.05) is 27.7 Å². The molecule has 0 saturated carbocycles. The minimum absolute atomic E-state index is 0.114. The maximum absolute atomic E-state index is 11.7. The van der Waals surface area contributed by atoms with Gasteiger partial charge in [0.15, 0.2) is 0 Å². The van der Waals surface area contributed by atoms with Gasteiger partial charge in [0.2, 0.25) is 0 Å². The third kappa shape index (κ3) is 6.53. The van der Waals surface area contributed by atoms with Gasteiger partial charge in [-0.05, 0) is 19.3 Å². The Bertz CT molecular complexity index is 452. The van der Waals surface area contributed by atoms with Gasteiger partial charge >= 0.3 is 6.03 Å². The van der Waals surface area contributed by atoms with Crippen LogP contribution in [-0.2, 0) is 5.41 Å². The molecular formula is C15H26N4O2. The summed E-state index contributed by atoms with van der Waals surface area (Å²) in [6.07, 6.45) is 3.51. The van der Waals surface area contributed by atoms with E-state index in [1.165, 1.54) is 0 Å². The van der Waals surface area contributed by atoms with Gasteiger partial charge in [0.25, 0.3) is 0 Å². The molecular weight excluding hydrogens is 268 g/mol. The molecule has 1 heterocycles. The number of carbonyl (C=O) groups excluding carboxylic acids is 1. The first-order valence-corrected chi connectivity index (χ1v) is 7.24. The van der Waals surface area contributed by atoms with Crippen molar-refractivity contribution in [2.75, 3.05) is 11.9 Å². The molecule has 0 saturated heterocycles. The molecule has 1 aromatic rings. The molecule has 0 aliphatic rings. The van der Waals surface area contributed by atoms with E-state index in [1.54, 1.807) is 19.3 Å². The largest absolute Gasteiger partial charge is 0.393 e. The van der Waals surface area contributed by atoms with E-state index in [0.29, 0.717) is 18.7 Å². The van der Waals surface area contributed by atoms with Crippen molar-refractivity contribution in [3.63, 3.8) is 0 Å². The molecule has 1 rings (SSSR count). The Balaban J connectivity index is 2.45. The van der Waals surface area contributed by atoms with Crippen LogP contribution in [0.5, 0.6) is 0 Å². The maximum atomic E-state index is 11.7. The first kappa shape index (κ1) is 17.4. The number of hydrogen-bond acceptors (Lipinski definition) is 4. The molecule has 6 heteroatoms. The second kappa shape index (κ2) is 7.36. The molecule has 0 spiro atoms. The van der Waals surface area contributed by atoms with Crippen LogP contribution in [-0.4, -0.2) is 33.8 Å². The number of aliphatic hydroxyl groups excluding tert-OH is 1. The third-order valence-corrected chi connectivity index (χ3v) is 2.94. The van der Waals surface area contributed by atoms with Crippen molar-refractivity contribution in [2.24, 2.45) is 5.92 Å². The number of carbonyl (C=O) groups is 1. The number of nitrogens with zero attached hydrogens (tertiary/aromatic N) is 2. The fourth-order valence-electron chi connectivity index (χ4n) is 1.89. The first-order valence-electron chi connectivity index (χ1n) is 7.24. The van der Waals surface area contributed by atoms with E-state index < -0.39 is 0 Å². The molecule has 0 radical (unpaired) electrons. The zero-order valence-electron chi connectivity index (χ0n) is 13.5. The Morgan fingerprint density at radius 3 is 2.33 bits per heavy atom. The topological polar surface area (TPSA) is 87.1 Å². The lowest BCUT2D eigenvalue weighted by Gasteiger charge is -2.17. The van der Waals surface area contributed by atoms with Gasteiger partial charge < -0.3 is 15.7 Å².